The number of aromatic nitrogens is 1. The van der Waals surface area contributed by atoms with Crippen molar-refractivity contribution in [3.05, 3.63) is 47.0 Å². The number of phenolic OH excluding ortho intramolecular Hbond substituents is 1. The van der Waals surface area contributed by atoms with Gasteiger partial charge in [-0.1, -0.05) is 19.9 Å². The molecule has 2 amide bonds. The van der Waals surface area contributed by atoms with Crippen molar-refractivity contribution in [3.8, 4) is 11.5 Å². The second-order valence-electron chi connectivity index (χ2n) is 6.20. The molecule has 0 saturated carbocycles. The molecule has 0 spiro atoms. The maximum atomic E-state index is 12.1. The molecular weight excluding hydrogens is 350 g/mol. The number of benzene rings is 2. The van der Waals surface area contributed by atoms with Crippen LogP contribution >= 0.6 is 11.3 Å². The van der Waals surface area contributed by atoms with E-state index in [2.05, 4.69) is 29.5 Å². The fourth-order valence-electron chi connectivity index (χ4n) is 2.47. The summed E-state index contributed by atoms with van der Waals surface area (Å²) in [5.41, 5.74) is 2.43. The third-order valence-corrected chi connectivity index (χ3v) is 5.17. The average Bonchev–Trinajstić information content (AvgIpc) is 3.04. The van der Waals surface area contributed by atoms with Crippen molar-refractivity contribution in [1.29, 1.82) is 0 Å². The summed E-state index contributed by atoms with van der Waals surface area (Å²) in [7, 11) is 1.49. The number of nitrogens with one attached hydrogen (secondary N) is 2. The van der Waals surface area contributed by atoms with Crippen LogP contribution in [0, 0.1) is 0 Å². The zero-order chi connectivity index (χ0) is 18.7. The third-order valence-electron chi connectivity index (χ3n) is 3.85. The quantitative estimate of drug-likeness (QED) is 0.618. The van der Waals surface area contributed by atoms with Crippen molar-refractivity contribution in [2.45, 2.75) is 26.3 Å². The summed E-state index contributed by atoms with van der Waals surface area (Å²) >= 11 is 1.64. The van der Waals surface area contributed by atoms with Crippen LogP contribution < -0.4 is 15.4 Å². The molecule has 0 fully saturated rings. The Bertz CT molecular complexity index is 937. The number of aromatic hydroxyl groups is 1. The van der Waals surface area contributed by atoms with Gasteiger partial charge in [-0.25, -0.2) is 9.78 Å². The number of nitrogens with zero attached hydrogens (tertiary/aromatic N) is 1. The lowest BCUT2D eigenvalue weighted by Gasteiger charge is -2.09. The van der Waals surface area contributed by atoms with E-state index in [1.54, 1.807) is 29.5 Å². The lowest BCUT2D eigenvalue weighted by atomic mass is 10.2. The first-order chi connectivity index (χ1) is 12.5. The van der Waals surface area contributed by atoms with E-state index >= 15 is 0 Å². The van der Waals surface area contributed by atoms with Crippen LogP contribution in [0.3, 0.4) is 0 Å². The summed E-state index contributed by atoms with van der Waals surface area (Å²) in [6.07, 6.45) is 0. The minimum absolute atomic E-state index is 0.0452. The Hall–Kier alpha value is -2.80. The molecule has 0 aliphatic carbocycles. The summed E-state index contributed by atoms with van der Waals surface area (Å²) in [4.78, 5) is 16.7. The summed E-state index contributed by atoms with van der Waals surface area (Å²) in [6, 6.07) is 10.4. The predicted molar refractivity (Wildman–Crippen MR) is 104 cm³/mol. The Kier molecular flexibility index (Phi) is 5.27. The van der Waals surface area contributed by atoms with Gasteiger partial charge in [-0.05, 0) is 35.9 Å². The van der Waals surface area contributed by atoms with Crippen molar-refractivity contribution < 1.29 is 14.6 Å². The molecule has 0 aliphatic heterocycles. The summed E-state index contributed by atoms with van der Waals surface area (Å²) < 4.78 is 6.05. The number of carbonyl (C=O) groups excluding carboxylic acids is 1. The first-order valence-electron chi connectivity index (χ1n) is 8.27. The number of methoxy groups -OCH3 is 1. The maximum Gasteiger partial charge on any atom is 0.319 e. The first kappa shape index (κ1) is 18.0. The minimum Gasteiger partial charge on any atom is -0.504 e. The number of carbonyl (C=O) groups is 1. The normalized spacial score (nSPS) is 10.9. The van der Waals surface area contributed by atoms with Gasteiger partial charge in [0.25, 0.3) is 0 Å². The zero-order valence-electron chi connectivity index (χ0n) is 14.9. The number of amides is 2. The van der Waals surface area contributed by atoms with Crippen LogP contribution in [0.25, 0.3) is 10.2 Å². The zero-order valence-corrected chi connectivity index (χ0v) is 15.7. The average molecular weight is 371 g/mol. The number of hydrogen-bond acceptors (Lipinski definition) is 5. The fourth-order valence-corrected chi connectivity index (χ4v) is 3.48. The second-order valence-corrected chi connectivity index (χ2v) is 7.27. The molecule has 0 atom stereocenters. The van der Waals surface area contributed by atoms with Gasteiger partial charge >= 0.3 is 6.03 Å². The van der Waals surface area contributed by atoms with E-state index in [0.717, 1.165) is 20.8 Å². The number of ether oxygens (including phenoxy) is 1. The Morgan fingerprint density at radius 3 is 2.77 bits per heavy atom. The summed E-state index contributed by atoms with van der Waals surface area (Å²) in [5, 5.41) is 16.5. The van der Waals surface area contributed by atoms with Gasteiger partial charge in [-0.3, -0.25) is 0 Å². The Morgan fingerprint density at radius 2 is 2.08 bits per heavy atom. The molecule has 1 aromatic heterocycles. The summed E-state index contributed by atoms with van der Waals surface area (Å²) in [5.74, 6) is 0.827. The topological polar surface area (TPSA) is 83.5 Å². The highest BCUT2D eigenvalue weighted by atomic mass is 32.1. The van der Waals surface area contributed by atoms with Gasteiger partial charge in [0.05, 0.1) is 22.3 Å². The van der Waals surface area contributed by atoms with Crippen LogP contribution in [0.5, 0.6) is 11.5 Å². The number of anilines is 1. The molecule has 0 bridgehead atoms. The summed E-state index contributed by atoms with van der Waals surface area (Å²) in [6.45, 7) is 4.52. The molecule has 3 N–H and O–H groups in total. The number of hydrogen-bond donors (Lipinski definition) is 3. The molecule has 7 heteroatoms. The molecule has 0 aliphatic rings. The minimum atomic E-state index is -0.312. The Balaban J connectivity index is 1.62. The highest BCUT2D eigenvalue weighted by Crippen LogP contribution is 2.29. The molecule has 2 aromatic carbocycles. The van der Waals surface area contributed by atoms with E-state index in [0.29, 0.717) is 23.9 Å². The molecule has 3 rings (SSSR count). The maximum absolute atomic E-state index is 12.1. The largest absolute Gasteiger partial charge is 0.504 e. The van der Waals surface area contributed by atoms with E-state index in [1.807, 2.05) is 18.2 Å². The predicted octanol–water partition coefficient (Wildman–Crippen LogP) is 4.46. The van der Waals surface area contributed by atoms with Crippen molar-refractivity contribution in [2.75, 3.05) is 12.4 Å². The lowest BCUT2D eigenvalue weighted by Crippen LogP contribution is -2.28. The van der Waals surface area contributed by atoms with Gasteiger partial charge in [-0.15, -0.1) is 11.3 Å². The van der Waals surface area contributed by atoms with Crippen LogP contribution in [0.1, 0.15) is 30.3 Å². The third kappa shape index (κ3) is 4.05. The molecule has 136 valence electrons. The van der Waals surface area contributed by atoms with Gasteiger partial charge in [0, 0.05) is 18.2 Å². The van der Waals surface area contributed by atoms with Crippen molar-refractivity contribution in [1.82, 2.24) is 10.3 Å². The number of urea groups is 1. The van der Waals surface area contributed by atoms with Crippen LogP contribution in [0.15, 0.2) is 36.4 Å². The SMILES string of the molecule is COc1ccc(CNC(=O)Nc2ccc3nc(C(C)C)sc3c2)cc1O. The Labute approximate surface area is 155 Å². The molecule has 6 nitrogen and oxygen atoms in total. The van der Waals surface area contributed by atoms with Gasteiger partial charge in [-0.2, -0.15) is 0 Å². The van der Waals surface area contributed by atoms with E-state index in [9.17, 15) is 9.90 Å². The molecule has 26 heavy (non-hydrogen) atoms. The number of rotatable bonds is 5. The molecule has 1 heterocycles. The lowest BCUT2D eigenvalue weighted by molar-refractivity contribution is 0.251. The second kappa shape index (κ2) is 7.61. The fraction of sp³-hybridized carbons (Fsp3) is 0.263. The standard InChI is InChI=1S/C19H21N3O3S/c1-11(2)18-22-14-6-5-13(9-17(14)26-18)21-19(24)20-10-12-4-7-16(25-3)15(23)8-12/h4-9,11,23H,10H2,1-3H3,(H2,20,21,24). The molecule has 0 radical (unpaired) electrons. The van der Waals surface area contributed by atoms with Gasteiger partial charge in [0.15, 0.2) is 11.5 Å². The van der Waals surface area contributed by atoms with Gasteiger partial charge in [0.1, 0.15) is 0 Å². The number of phenols is 1. The molecule has 0 unspecified atom stereocenters. The van der Waals surface area contributed by atoms with E-state index in [4.69, 9.17) is 4.74 Å². The number of thiazole rings is 1. The van der Waals surface area contributed by atoms with Crippen LogP contribution in [-0.4, -0.2) is 23.2 Å². The smallest absolute Gasteiger partial charge is 0.319 e. The molecular formula is C19H21N3O3S. The van der Waals surface area contributed by atoms with Gasteiger partial charge in [0.2, 0.25) is 0 Å². The number of fused-ring (bicyclic) bond motifs is 1. The van der Waals surface area contributed by atoms with E-state index in [-0.39, 0.29) is 11.8 Å². The van der Waals surface area contributed by atoms with Crippen molar-refractivity contribution in [3.63, 3.8) is 0 Å². The highest BCUT2D eigenvalue weighted by molar-refractivity contribution is 7.18. The Morgan fingerprint density at radius 1 is 1.27 bits per heavy atom. The van der Waals surface area contributed by atoms with Gasteiger partial charge < -0.3 is 20.5 Å². The molecule has 3 aromatic rings. The van der Waals surface area contributed by atoms with Crippen LogP contribution in [0.2, 0.25) is 0 Å². The van der Waals surface area contributed by atoms with E-state index in [1.165, 1.54) is 7.11 Å². The van der Waals surface area contributed by atoms with Crippen LogP contribution in [0.4, 0.5) is 10.5 Å². The van der Waals surface area contributed by atoms with E-state index < -0.39 is 0 Å². The van der Waals surface area contributed by atoms with Crippen molar-refractivity contribution in [2.24, 2.45) is 0 Å². The first-order valence-corrected chi connectivity index (χ1v) is 9.09. The monoisotopic (exact) mass is 371 g/mol. The van der Waals surface area contributed by atoms with Crippen LogP contribution in [-0.2, 0) is 6.54 Å². The molecule has 0 saturated heterocycles. The van der Waals surface area contributed by atoms with Crippen molar-refractivity contribution >= 4 is 33.3 Å². The highest BCUT2D eigenvalue weighted by Gasteiger charge is 2.09.